The third-order valence-electron chi connectivity index (χ3n) is 1.70. The Morgan fingerprint density at radius 3 is 2.33 bits per heavy atom. The average Bonchev–Trinajstić information content (AvgIpc) is 2.50. The highest BCUT2D eigenvalue weighted by atomic mass is 16.5. The van der Waals surface area contributed by atoms with Crippen molar-refractivity contribution in [3.05, 3.63) is 0 Å². The second-order valence-corrected chi connectivity index (χ2v) is 2.60. The first-order valence-electron chi connectivity index (χ1n) is 3.29. The van der Waals surface area contributed by atoms with Gasteiger partial charge in [0.15, 0.2) is 5.78 Å². The van der Waals surface area contributed by atoms with Crippen LogP contribution in [0.15, 0.2) is 0 Å². The second-order valence-electron chi connectivity index (χ2n) is 2.60. The van der Waals surface area contributed by atoms with E-state index in [4.69, 9.17) is 4.74 Å². The van der Waals surface area contributed by atoms with Gasteiger partial charge in [-0.2, -0.15) is 0 Å². The van der Waals surface area contributed by atoms with Crippen LogP contribution >= 0.6 is 0 Å². The molecule has 0 N–H and O–H groups in total. The van der Waals surface area contributed by atoms with Gasteiger partial charge in [-0.05, 0) is 25.7 Å². The molecule has 2 nitrogen and oxygen atoms in total. The number of carbonyl (C=O) groups excluding carboxylic acids is 1. The van der Waals surface area contributed by atoms with Crippen molar-refractivity contribution in [2.75, 3.05) is 7.11 Å². The Morgan fingerprint density at radius 2 is 2.22 bits per heavy atom. The van der Waals surface area contributed by atoms with E-state index in [1.165, 1.54) is 0 Å². The van der Waals surface area contributed by atoms with Crippen LogP contribution in [0.1, 0.15) is 19.8 Å². The molecule has 0 bridgehead atoms. The number of methoxy groups -OCH3 is 1. The molecule has 0 aromatic carbocycles. The standard InChI is InChI=1S/C7H12O2/c1-5(8)7(9-2)6-3-4-6/h6-7H,3-4H2,1-2H3/t7-/m0/s1. The molecule has 9 heavy (non-hydrogen) atoms. The molecule has 1 fully saturated rings. The minimum Gasteiger partial charge on any atom is -0.373 e. The van der Waals surface area contributed by atoms with Crippen molar-refractivity contribution in [2.24, 2.45) is 5.92 Å². The molecule has 1 saturated carbocycles. The van der Waals surface area contributed by atoms with E-state index >= 15 is 0 Å². The van der Waals surface area contributed by atoms with E-state index in [0.29, 0.717) is 5.92 Å². The lowest BCUT2D eigenvalue weighted by Crippen LogP contribution is -2.21. The lowest BCUT2D eigenvalue weighted by molar-refractivity contribution is -0.127. The molecule has 2 heteroatoms. The van der Waals surface area contributed by atoms with Gasteiger partial charge in [-0.1, -0.05) is 0 Å². The highest BCUT2D eigenvalue weighted by Gasteiger charge is 2.33. The summed E-state index contributed by atoms with van der Waals surface area (Å²) in [7, 11) is 1.60. The summed E-state index contributed by atoms with van der Waals surface area (Å²) in [6, 6.07) is 0. The molecule has 1 aliphatic rings. The van der Waals surface area contributed by atoms with E-state index in [1.807, 2.05) is 0 Å². The summed E-state index contributed by atoms with van der Waals surface area (Å²) in [6.07, 6.45) is 2.22. The van der Waals surface area contributed by atoms with Gasteiger partial charge in [0.1, 0.15) is 6.10 Å². The van der Waals surface area contributed by atoms with Gasteiger partial charge in [0.05, 0.1) is 0 Å². The summed E-state index contributed by atoms with van der Waals surface area (Å²) in [4.78, 5) is 10.7. The van der Waals surface area contributed by atoms with Crippen LogP contribution < -0.4 is 0 Å². The molecule has 0 heterocycles. The lowest BCUT2D eigenvalue weighted by Gasteiger charge is -2.08. The fourth-order valence-electron chi connectivity index (χ4n) is 1.09. The maximum Gasteiger partial charge on any atom is 0.158 e. The molecule has 0 spiro atoms. The number of rotatable bonds is 3. The highest BCUT2D eigenvalue weighted by Crippen LogP contribution is 2.34. The van der Waals surface area contributed by atoms with E-state index in [1.54, 1.807) is 14.0 Å². The molecule has 0 saturated heterocycles. The van der Waals surface area contributed by atoms with Crippen LogP contribution in [0, 0.1) is 5.92 Å². The zero-order valence-corrected chi connectivity index (χ0v) is 5.89. The number of hydrogen-bond donors (Lipinski definition) is 0. The van der Waals surface area contributed by atoms with Gasteiger partial charge in [0.25, 0.3) is 0 Å². The maximum atomic E-state index is 10.7. The van der Waals surface area contributed by atoms with Crippen molar-refractivity contribution in [1.82, 2.24) is 0 Å². The Balaban J connectivity index is 2.37. The van der Waals surface area contributed by atoms with Crippen LogP contribution in [-0.4, -0.2) is 19.0 Å². The smallest absolute Gasteiger partial charge is 0.158 e. The van der Waals surface area contributed by atoms with Gasteiger partial charge in [-0.3, -0.25) is 4.79 Å². The summed E-state index contributed by atoms with van der Waals surface area (Å²) in [5.41, 5.74) is 0. The van der Waals surface area contributed by atoms with Crippen molar-refractivity contribution in [2.45, 2.75) is 25.9 Å². The van der Waals surface area contributed by atoms with Gasteiger partial charge >= 0.3 is 0 Å². The fourth-order valence-corrected chi connectivity index (χ4v) is 1.09. The third kappa shape index (κ3) is 1.52. The number of ether oxygens (including phenoxy) is 1. The minimum absolute atomic E-state index is 0.106. The molecule has 0 aliphatic heterocycles. The molecule has 0 aromatic heterocycles. The van der Waals surface area contributed by atoms with Gasteiger partial charge in [0.2, 0.25) is 0 Å². The minimum atomic E-state index is -0.106. The van der Waals surface area contributed by atoms with Crippen LogP contribution in [0.25, 0.3) is 0 Å². The predicted octanol–water partition coefficient (Wildman–Crippen LogP) is 1.00. The molecule has 52 valence electrons. The van der Waals surface area contributed by atoms with Crippen LogP contribution in [-0.2, 0) is 9.53 Å². The second kappa shape index (κ2) is 2.48. The summed E-state index contributed by atoms with van der Waals surface area (Å²) in [5.74, 6) is 0.701. The SMILES string of the molecule is CO[C@@H](C(C)=O)C1CC1. The van der Waals surface area contributed by atoms with E-state index in [9.17, 15) is 4.79 Å². The molecule has 0 radical (unpaired) electrons. The van der Waals surface area contributed by atoms with E-state index < -0.39 is 0 Å². The number of carbonyl (C=O) groups is 1. The van der Waals surface area contributed by atoms with Crippen LogP contribution in [0.3, 0.4) is 0 Å². The lowest BCUT2D eigenvalue weighted by atomic mass is 10.2. The van der Waals surface area contributed by atoms with Crippen molar-refractivity contribution in [3.63, 3.8) is 0 Å². The van der Waals surface area contributed by atoms with Crippen molar-refractivity contribution in [3.8, 4) is 0 Å². The molecule has 0 aromatic rings. The first-order valence-corrected chi connectivity index (χ1v) is 3.29. The number of hydrogen-bond acceptors (Lipinski definition) is 2. The normalized spacial score (nSPS) is 21.6. The first-order chi connectivity index (χ1) is 4.25. The van der Waals surface area contributed by atoms with Crippen LogP contribution in [0.5, 0.6) is 0 Å². The zero-order chi connectivity index (χ0) is 6.85. The number of Topliss-reactive ketones (excluding diaryl/α,β-unsaturated/α-hetero) is 1. The predicted molar refractivity (Wildman–Crippen MR) is 34.2 cm³/mol. The Bertz CT molecular complexity index is 116. The fraction of sp³-hybridized carbons (Fsp3) is 0.857. The van der Waals surface area contributed by atoms with Gasteiger partial charge in [-0.15, -0.1) is 0 Å². The third-order valence-corrected chi connectivity index (χ3v) is 1.70. The molecule has 0 unspecified atom stereocenters. The molecular weight excluding hydrogens is 116 g/mol. The highest BCUT2D eigenvalue weighted by molar-refractivity contribution is 5.81. The largest absolute Gasteiger partial charge is 0.373 e. The Labute approximate surface area is 55.2 Å². The van der Waals surface area contributed by atoms with Gasteiger partial charge in [0, 0.05) is 7.11 Å². The first kappa shape index (κ1) is 6.75. The Morgan fingerprint density at radius 1 is 1.67 bits per heavy atom. The van der Waals surface area contributed by atoms with E-state index in [-0.39, 0.29) is 11.9 Å². The molecule has 1 rings (SSSR count). The molecule has 1 atom stereocenters. The zero-order valence-electron chi connectivity index (χ0n) is 5.89. The van der Waals surface area contributed by atoms with Crippen LogP contribution in [0.2, 0.25) is 0 Å². The van der Waals surface area contributed by atoms with Gasteiger partial charge in [-0.25, -0.2) is 0 Å². The number of ketones is 1. The summed E-state index contributed by atoms with van der Waals surface area (Å²) < 4.78 is 4.99. The quantitative estimate of drug-likeness (QED) is 0.566. The van der Waals surface area contributed by atoms with E-state index in [2.05, 4.69) is 0 Å². The van der Waals surface area contributed by atoms with Crippen LogP contribution in [0.4, 0.5) is 0 Å². The Hall–Kier alpha value is -0.370. The molecular formula is C7H12O2. The maximum absolute atomic E-state index is 10.7. The summed E-state index contributed by atoms with van der Waals surface area (Å²) >= 11 is 0. The van der Waals surface area contributed by atoms with Crippen molar-refractivity contribution in [1.29, 1.82) is 0 Å². The monoisotopic (exact) mass is 128 g/mol. The average molecular weight is 128 g/mol. The Kier molecular flexibility index (Phi) is 1.86. The van der Waals surface area contributed by atoms with Crippen molar-refractivity contribution >= 4 is 5.78 Å². The topological polar surface area (TPSA) is 26.3 Å². The van der Waals surface area contributed by atoms with E-state index in [0.717, 1.165) is 12.8 Å². The van der Waals surface area contributed by atoms with Gasteiger partial charge < -0.3 is 4.74 Å². The summed E-state index contributed by atoms with van der Waals surface area (Å²) in [6.45, 7) is 1.59. The van der Waals surface area contributed by atoms with Crippen molar-refractivity contribution < 1.29 is 9.53 Å². The molecule has 1 aliphatic carbocycles. The summed E-state index contributed by atoms with van der Waals surface area (Å²) in [5, 5.41) is 0. The molecule has 0 amide bonds.